The predicted molar refractivity (Wildman–Crippen MR) is 46.2 cm³/mol. The van der Waals surface area contributed by atoms with Gasteiger partial charge < -0.3 is 0 Å². The maximum absolute atomic E-state index is 4.19. The molecule has 0 atom stereocenters. The maximum atomic E-state index is 4.19. The molecule has 0 aliphatic carbocycles. The summed E-state index contributed by atoms with van der Waals surface area (Å²) in [5.74, 6) is 0. The van der Waals surface area contributed by atoms with E-state index in [-0.39, 0.29) is 0 Å². The summed E-state index contributed by atoms with van der Waals surface area (Å²) in [6.07, 6.45) is 3.71. The third-order valence-electron chi connectivity index (χ3n) is 1.47. The Morgan fingerprint density at radius 3 is 3.18 bits per heavy atom. The molecular formula is C7H6BrN3. The van der Waals surface area contributed by atoms with Crippen LogP contribution in [-0.4, -0.2) is 14.8 Å². The molecule has 0 aromatic carbocycles. The molecule has 0 N–H and O–H groups in total. The molecule has 0 unspecified atom stereocenters. The monoisotopic (exact) mass is 211 g/mol. The molecule has 0 saturated heterocycles. The van der Waals surface area contributed by atoms with Crippen LogP contribution in [0.2, 0.25) is 0 Å². The Bertz CT molecular complexity index is 393. The van der Waals surface area contributed by atoms with Crippen molar-refractivity contribution in [3.05, 3.63) is 23.1 Å². The van der Waals surface area contributed by atoms with Crippen molar-refractivity contribution in [2.75, 3.05) is 0 Å². The van der Waals surface area contributed by atoms with E-state index < -0.39 is 0 Å². The van der Waals surface area contributed by atoms with Crippen LogP contribution in [0.25, 0.3) is 10.9 Å². The van der Waals surface area contributed by atoms with Crippen LogP contribution in [0.3, 0.4) is 0 Å². The fourth-order valence-electron chi connectivity index (χ4n) is 1.02. The Hall–Kier alpha value is -0.900. The van der Waals surface area contributed by atoms with Crippen LogP contribution in [0.15, 0.2) is 23.1 Å². The van der Waals surface area contributed by atoms with Crippen LogP contribution < -0.4 is 0 Å². The van der Waals surface area contributed by atoms with Crippen molar-refractivity contribution in [3.63, 3.8) is 0 Å². The van der Waals surface area contributed by atoms with E-state index in [2.05, 4.69) is 26.0 Å². The van der Waals surface area contributed by atoms with Crippen molar-refractivity contribution in [3.8, 4) is 0 Å². The first-order chi connectivity index (χ1) is 5.25. The van der Waals surface area contributed by atoms with E-state index in [9.17, 15) is 0 Å². The third kappa shape index (κ3) is 1.14. The lowest BCUT2D eigenvalue weighted by molar-refractivity contribution is 0.779. The average Bonchev–Trinajstić information content (AvgIpc) is 2.27. The lowest BCUT2D eigenvalue weighted by Gasteiger charge is -1.86. The van der Waals surface area contributed by atoms with E-state index in [1.165, 1.54) is 0 Å². The number of pyridine rings is 1. The molecule has 2 aromatic heterocycles. The highest BCUT2D eigenvalue weighted by atomic mass is 79.9. The van der Waals surface area contributed by atoms with Crippen molar-refractivity contribution in [1.82, 2.24) is 14.8 Å². The second kappa shape index (κ2) is 2.30. The van der Waals surface area contributed by atoms with Crippen molar-refractivity contribution in [2.24, 2.45) is 7.05 Å². The fraction of sp³-hybridized carbons (Fsp3) is 0.143. The standard InChI is InChI=1S/C7H6BrN3/c1-11-4-5-2-7(8)9-3-6(5)10-11/h2-4H,1H3. The van der Waals surface area contributed by atoms with Crippen LogP contribution in [0.1, 0.15) is 0 Å². The number of halogens is 1. The number of rotatable bonds is 0. The van der Waals surface area contributed by atoms with Crippen molar-refractivity contribution < 1.29 is 0 Å². The molecule has 2 heterocycles. The molecule has 0 fully saturated rings. The molecule has 0 aliphatic heterocycles. The largest absolute Gasteiger partial charge is 0.275 e. The van der Waals surface area contributed by atoms with E-state index in [1.807, 2.05) is 19.3 Å². The molecule has 2 rings (SSSR count). The number of fused-ring (bicyclic) bond motifs is 1. The fourth-order valence-corrected chi connectivity index (χ4v) is 1.37. The quantitative estimate of drug-likeness (QED) is 0.622. The first kappa shape index (κ1) is 6.79. The molecule has 0 saturated carbocycles. The summed E-state index contributed by atoms with van der Waals surface area (Å²) in [5.41, 5.74) is 0.927. The zero-order valence-corrected chi connectivity index (χ0v) is 7.54. The highest BCUT2D eigenvalue weighted by molar-refractivity contribution is 9.10. The smallest absolute Gasteiger partial charge is 0.111 e. The van der Waals surface area contributed by atoms with E-state index in [4.69, 9.17) is 0 Å². The van der Waals surface area contributed by atoms with Gasteiger partial charge in [-0.3, -0.25) is 4.68 Å². The zero-order valence-electron chi connectivity index (χ0n) is 5.95. The van der Waals surface area contributed by atoms with E-state index in [0.717, 1.165) is 15.5 Å². The molecule has 0 radical (unpaired) electrons. The Kier molecular flexibility index (Phi) is 1.42. The highest BCUT2D eigenvalue weighted by Gasteiger charge is 1.97. The highest BCUT2D eigenvalue weighted by Crippen LogP contribution is 2.14. The van der Waals surface area contributed by atoms with Gasteiger partial charge in [-0.05, 0) is 22.0 Å². The van der Waals surface area contributed by atoms with E-state index in [0.29, 0.717) is 0 Å². The Balaban J connectivity index is 2.82. The predicted octanol–water partition coefficient (Wildman–Crippen LogP) is 1.73. The first-order valence-electron chi connectivity index (χ1n) is 3.20. The van der Waals surface area contributed by atoms with Gasteiger partial charge in [0.25, 0.3) is 0 Å². The van der Waals surface area contributed by atoms with Gasteiger partial charge in [0, 0.05) is 18.6 Å². The van der Waals surface area contributed by atoms with Crippen LogP contribution >= 0.6 is 15.9 Å². The minimum absolute atomic E-state index is 0.845. The summed E-state index contributed by atoms with van der Waals surface area (Å²) >= 11 is 3.29. The molecule has 11 heavy (non-hydrogen) atoms. The van der Waals surface area contributed by atoms with Gasteiger partial charge in [-0.15, -0.1) is 0 Å². The van der Waals surface area contributed by atoms with Crippen molar-refractivity contribution >= 4 is 26.8 Å². The number of aromatic nitrogens is 3. The average molecular weight is 212 g/mol. The molecule has 4 heteroatoms. The molecule has 0 amide bonds. The topological polar surface area (TPSA) is 30.7 Å². The molecular weight excluding hydrogens is 206 g/mol. The first-order valence-corrected chi connectivity index (χ1v) is 4.00. The molecule has 0 aliphatic rings. The molecule has 0 spiro atoms. The van der Waals surface area contributed by atoms with Crippen LogP contribution in [-0.2, 0) is 7.05 Å². The lowest BCUT2D eigenvalue weighted by atomic mass is 10.3. The minimum Gasteiger partial charge on any atom is -0.275 e. The second-order valence-corrected chi connectivity index (χ2v) is 3.18. The zero-order chi connectivity index (χ0) is 7.84. The summed E-state index contributed by atoms with van der Waals surface area (Å²) in [4.78, 5) is 4.06. The molecule has 3 nitrogen and oxygen atoms in total. The van der Waals surface area contributed by atoms with Gasteiger partial charge in [0.1, 0.15) is 10.1 Å². The number of aryl methyl sites for hydroxylation is 1. The third-order valence-corrected chi connectivity index (χ3v) is 1.91. The number of hydrogen-bond donors (Lipinski definition) is 0. The molecule has 0 bridgehead atoms. The van der Waals surface area contributed by atoms with Gasteiger partial charge in [-0.2, -0.15) is 5.10 Å². The van der Waals surface area contributed by atoms with Crippen LogP contribution in [0, 0.1) is 0 Å². The van der Waals surface area contributed by atoms with E-state index >= 15 is 0 Å². The van der Waals surface area contributed by atoms with Crippen LogP contribution in [0.4, 0.5) is 0 Å². The maximum Gasteiger partial charge on any atom is 0.111 e. The minimum atomic E-state index is 0.845. The number of nitrogens with zero attached hydrogens (tertiary/aromatic N) is 3. The Labute approximate surface area is 72.2 Å². The Morgan fingerprint density at radius 1 is 1.55 bits per heavy atom. The molecule has 2 aromatic rings. The summed E-state index contributed by atoms with van der Waals surface area (Å²) < 4.78 is 2.62. The Morgan fingerprint density at radius 2 is 2.36 bits per heavy atom. The summed E-state index contributed by atoms with van der Waals surface area (Å²) in [5, 5.41) is 5.29. The van der Waals surface area contributed by atoms with Gasteiger partial charge in [0.15, 0.2) is 0 Å². The van der Waals surface area contributed by atoms with E-state index in [1.54, 1.807) is 10.9 Å². The van der Waals surface area contributed by atoms with Crippen LogP contribution in [0.5, 0.6) is 0 Å². The second-order valence-electron chi connectivity index (χ2n) is 2.37. The SMILES string of the molecule is Cn1cc2cc(Br)ncc2n1. The normalized spacial score (nSPS) is 10.7. The summed E-state index contributed by atoms with van der Waals surface area (Å²) in [6, 6.07) is 1.95. The molecule has 56 valence electrons. The van der Waals surface area contributed by atoms with Crippen molar-refractivity contribution in [1.29, 1.82) is 0 Å². The lowest BCUT2D eigenvalue weighted by Crippen LogP contribution is -1.84. The van der Waals surface area contributed by atoms with Gasteiger partial charge in [0.2, 0.25) is 0 Å². The van der Waals surface area contributed by atoms with Gasteiger partial charge >= 0.3 is 0 Å². The van der Waals surface area contributed by atoms with Crippen molar-refractivity contribution in [2.45, 2.75) is 0 Å². The van der Waals surface area contributed by atoms with Gasteiger partial charge in [-0.25, -0.2) is 4.98 Å². The van der Waals surface area contributed by atoms with Gasteiger partial charge in [0.05, 0.1) is 6.20 Å². The summed E-state index contributed by atoms with van der Waals surface area (Å²) in [7, 11) is 1.90. The van der Waals surface area contributed by atoms with Gasteiger partial charge in [-0.1, -0.05) is 0 Å². The summed E-state index contributed by atoms with van der Waals surface area (Å²) in [6.45, 7) is 0. The number of hydrogen-bond acceptors (Lipinski definition) is 2.